The largest absolute Gasteiger partial charge is 0.485 e. The molecule has 1 aliphatic heterocycles. The Morgan fingerprint density at radius 1 is 1.20 bits per heavy atom. The van der Waals surface area contributed by atoms with Crippen molar-refractivity contribution in [3.05, 3.63) is 53.1 Å². The van der Waals surface area contributed by atoms with Gasteiger partial charge in [-0.15, -0.1) is 0 Å². The van der Waals surface area contributed by atoms with Crippen molar-refractivity contribution in [2.75, 3.05) is 24.7 Å². The van der Waals surface area contributed by atoms with E-state index in [0.717, 1.165) is 11.1 Å². The van der Waals surface area contributed by atoms with E-state index in [4.69, 9.17) is 9.47 Å². The van der Waals surface area contributed by atoms with E-state index in [-0.39, 0.29) is 43.4 Å². The molecule has 0 radical (unpaired) electrons. The smallest absolute Gasteiger partial charge is 0.265 e. The SMILES string of the molecule is Cc1cccc(OCC(=O)c2ccc3c(c2)N(CC(=O)NC(C)C)C(=O)CO3)c1C. The van der Waals surface area contributed by atoms with Crippen LogP contribution in [0, 0.1) is 13.8 Å². The molecule has 2 aromatic rings. The van der Waals surface area contributed by atoms with E-state index in [1.165, 1.54) is 4.90 Å². The molecular formula is C23H26N2O5. The number of rotatable bonds is 7. The van der Waals surface area contributed by atoms with Crippen LogP contribution in [0.3, 0.4) is 0 Å². The van der Waals surface area contributed by atoms with Gasteiger partial charge in [0.2, 0.25) is 5.91 Å². The minimum atomic E-state index is -0.336. The Kier molecular flexibility index (Phi) is 6.40. The third-order valence-corrected chi connectivity index (χ3v) is 4.89. The molecule has 1 N–H and O–H groups in total. The van der Waals surface area contributed by atoms with Crippen LogP contribution in [-0.2, 0) is 9.59 Å². The molecule has 2 amide bonds. The predicted molar refractivity (Wildman–Crippen MR) is 113 cm³/mol. The number of anilines is 1. The highest BCUT2D eigenvalue weighted by Gasteiger charge is 2.28. The average Bonchev–Trinajstić information content (AvgIpc) is 2.70. The molecule has 0 saturated carbocycles. The molecule has 1 heterocycles. The van der Waals surface area contributed by atoms with E-state index in [0.29, 0.717) is 22.7 Å². The second kappa shape index (κ2) is 8.98. The van der Waals surface area contributed by atoms with Gasteiger partial charge in [-0.1, -0.05) is 12.1 Å². The molecular weight excluding hydrogens is 384 g/mol. The van der Waals surface area contributed by atoms with Crippen LogP contribution in [0.15, 0.2) is 36.4 Å². The van der Waals surface area contributed by atoms with E-state index >= 15 is 0 Å². The molecule has 1 aliphatic rings. The van der Waals surface area contributed by atoms with Crippen molar-refractivity contribution in [1.82, 2.24) is 5.32 Å². The Hall–Kier alpha value is -3.35. The van der Waals surface area contributed by atoms with Crippen molar-refractivity contribution < 1.29 is 23.9 Å². The predicted octanol–water partition coefficient (Wildman–Crippen LogP) is 2.82. The lowest BCUT2D eigenvalue weighted by Gasteiger charge is -2.29. The number of hydrogen-bond donors (Lipinski definition) is 1. The maximum atomic E-state index is 12.7. The van der Waals surface area contributed by atoms with E-state index in [9.17, 15) is 14.4 Å². The average molecular weight is 410 g/mol. The third-order valence-electron chi connectivity index (χ3n) is 4.89. The number of carbonyl (C=O) groups is 3. The van der Waals surface area contributed by atoms with E-state index in [1.54, 1.807) is 18.2 Å². The van der Waals surface area contributed by atoms with Gasteiger partial charge in [0.15, 0.2) is 19.0 Å². The summed E-state index contributed by atoms with van der Waals surface area (Å²) in [7, 11) is 0. The van der Waals surface area contributed by atoms with Crippen LogP contribution in [-0.4, -0.2) is 43.4 Å². The van der Waals surface area contributed by atoms with Crippen molar-refractivity contribution in [3.8, 4) is 11.5 Å². The number of aryl methyl sites for hydroxylation is 1. The van der Waals surface area contributed by atoms with Crippen molar-refractivity contribution in [2.45, 2.75) is 33.7 Å². The number of hydrogen-bond acceptors (Lipinski definition) is 5. The summed E-state index contributed by atoms with van der Waals surface area (Å²) >= 11 is 0. The molecule has 0 aromatic heterocycles. The number of amides is 2. The Morgan fingerprint density at radius 3 is 2.70 bits per heavy atom. The number of ether oxygens (including phenoxy) is 2. The third kappa shape index (κ3) is 4.79. The number of carbonyl (C=O) groups excluding carboxylic acids is 3. The molecule has 0 bridgehead atoms. The van der Waals surface area contributed by atoms with Crippen molar-refractivity contribution in [3.63, 3.8) is 0 Å². The minimum Gasteiger partial charge on any atom is -0.485 e. The molecule has 158 valence electrons. The van der Waals surface area contributed by atoms with Gasteiger partial charge in [0.1, 0.15) is 18.0 Å². The van der Waals surface area contributed by atoms with Gasteiger partial charge in [-0.2, -0.15) is 0 Å². The lowest BCUT2D eigenvalue weighted by molar-refractivity contribution is -0.125. The van der Waals surface area contributed by atoms with Gasteiger partial charge < -0.3 is 14.8 Å². The summed E-state index contributed by atoms with van der Waals surface area (Å²) in [6.45, 7) is 7.20. The summed E-state index contributed by atoms with van der Waals surface area (Å²) in [5.41, 5.74) is 2.85. The Labute approximate surface area is 176 Å². The molecule has 7 heteroatoms. The topological polar surface area (TPSA) is 84.9 Å². The number of nitrogens with zero attached hydrogens (tertiary/aromatic N) is 1. The fourth-order valence-corrected chi connectivity index (χ4v) is 3.17. The number of fused-ring (bicyclic) bond motifs is 1. The first kappa shape index (κ1) is 21.4. The van der Waals surface area contributed by atoms with E-state index in [1.807, 2.05) is 45.9 Å². The second-order valence-corrected chi connectivity index (χ2v) is 7.58. The van der Waals surface area contributed by atoms with Crippen LogP contribution in [0.1, 0.15) is 35.3 Å². The molecule has 2 aromatic carbocycles. The normalized spacial score (nSPS) is 13.0. The fraction of sp³-hybridized carbons (Fsp3) is 0.348. The summed E-state index contributed by atoms with van der Waals surface area (Å²) in [5.74, 6) is 0.271. The lowest BCUT2D eigenvalue weighted by Crippen LogP contribution is -2.46. The summed E-state index contributed by atoms with van der Waals surface area (Å²) in [6, 6.07) is 10.5. The zero-order chi connectivity index (χ0) is 21.8. The van der Waals surface area contributed by atoms with Crippen LogP contribution in [0.25, 0.3) is 0 Å². The van der Waals surface area contributed by atoms with Gasteiger partial charge in [-0.25, -0.2) is 0 Å². The molecule has 0 spiro atoms. The van der Waals surface area contributed by atoms with E-state index < -0.39 is 0 Å². The monoisotopic (exact) mass is 410 g/mol. The summed E-state index contributed by atoms with van der Waals surface area (Å²) in [4.78, 5) is 38.6. The highest BCUT2D eigenvalue weighted by molar-refractivity contribution is 6.04. The molecule has 0 fully saturated rings. The molecule has 0 unspecified atom stereocenters. The molecule has 0 atom stereocenters. The fourth-order valence-electron chi connectivity index (χ4n) is 3.17. The summed E-state index contributed by atoms with van der Waals surface area (Å²) in [6.07, 6.45) is 0. The van der Waals surface area contributed by atoms with Gasteiger partial charge in [0.05, 0.1) is 5.69 Å². The van der Waals surface area contributed by atoms with Crippen LogP contribution in [0.2, 0.25) is 0 Å². The second-order valence-electron chi connectivity index (χ2n) is 7.58. The van der Waals surface area contributed by atoms with Gasteiger partial charge in [-0.3, -0.25) is 19.3 Å². The van der Waals surface area contributed by atoms with Crippen LogP contribution in [0.4, 0.5) is 5.69 Å². The van der Waals surface area contributed by atoms with Crippen molar-refractivity contribution in [2.24, 2.45) is 0 Å². The zero-order valence-corrected chi connectivity index (χ0v) is 17.7. The van der Waals surface area contributed by atoms with Gasteiger partial charge in [-0.05, 0) is 63.1 Å². The van der Waals surface area contributed by atoms with Crippen LogP contribution < -0.4 is 19.7 Å². The van der Waals surface area contributed by atoms with Crippen LogP contribution >= 0.6 is 0 Å². The van der Waals surface area contributed by atoms with Gasteiger partial charge in [0.25, 0.3) is 5.91 Å². The highest BCUT2D eigenvalue weighted by atomic mass is 16.5. The molecule has 0 aliphatic carbocycles. The van der Waals surface area contributed by atoms with Crippen molar-refractivity contribution >= 4 is 23.3 Å². The summed E-state index contributed by atoms with van der Waals surface area (Å²) < 4.78 is 11.2. The quantitative estimate of drug-likeness (QED) is 0.710. The molecule has 7 nitrogen and oxygen atoms in total. The van der Waals surface area contributed by atoms with E-state index in [2.05, 4.69) is 5.32 Å². The summed E-state index contributed by atoms with van der Waals surface area (Å²) in [5, 5.41) is 2.77. The molecule has 30 heavy (non-hydrogen) atoms. The zero-order valence-electron chi connectivity index (χ0n) is 17.7. The lowest BCUT2D eigenvalue weighted by atomic mass is 10.1. The Morgan fingerprint density at radius 2 is 1.97 bits per heavy atom. The van der Waals surface area contributed by atoms with Gasteiger partial charge in [0, 0.05) is 11.6 Å². The standard InChI is InChI=1S/C23H26N2O5/c1-14(2)24-22(27)11-25-18-10-17(8-9-21(18)30-13-23(25)28)19(26)12-29-20-7-5-6-15(3)16(20)4/h5-10,14H,11-13H2,1-4H3,(H,24,27). The van der Waals surface area contributed by atoms with Gasteiger partial charge >= 0.3 is 0 Å². The first-order valence-electron chi connectivity index (χ1n) is 9.85. The number of ketones is 1. The first-order valence-corrected chi connectivity index (χ1v) is 9.85. The minimum absolute atomic E-state index is 0.0387. The highest BCUT2D eigenvalue weighted by Crippen LogP contribution is 2.33. The number of nitrogens with one attached hydrogen (secondary N) is 1. The maximum absolute atomic E-state index is 12.7. The number of Topliss-reactive ketones (excluding diaryl/α,β-unsaturated/α-hetero) is 1. The molecule has 0 saturated heterocycles. The molecule has 3 rings (SSSR count). The first-order chi connectivity index (χ1) is 14.3. The Balaban J connectivity index is 1.77. The van der Waals surface area contributed by atoms with Crippen molar-refractivity contribution in [1.29, 1.82) is 0 Å². The Bertz CT molecular complexity index is 984. The van der Waals surface area contributed by atoms with Crippen LogP contribution in [0.5, 0.6) is 11.5 Å². The number of benzene rings is 2. The maximum Gasteiger partial charge on any atom is 0.265 e.